The minimum Gasteiger partial charge on any atom is -0.331 e. The maximum atomic E-state index is 11.5. The lowest BCUT2D eigenvalue weighted by Gasteiger charge is -2.14. The lowest BCUT2D eigenvalue weighted by molar-refractivity contribution is -0.302. The Bertz CT molecular complexity index is 170. The van der Waals surface area contributed by atoms with Crippen LogP contribution in [0.1, 0.15) is 0 Å². The molecule has 0 heterocycles. The average Bonchev–Trinajstić information content (AvgIpc) is 1.61. The number of hydrogen-bond acceptors (Lipinski definition) is 1. The van der Waals surface area contributed by atoms with E-state index < -0.39 is 12.0 Å². The number of aliphatic hydroxyl groups is 1. The van der Waals surface area contributed by atoms with Gasteiger partial charge in [-0.1, -0.05) is 0 Å². The van der Waals surface area contributed by atoms with Crippen molar-refractivity contribution in [1.82, 2.24) is 0 Å². The summed E-state index contributed by atoms with van der Waals surface area (Å²) in [4.78, 5) is 0. The highest BCUT2D eigenvalue weighted by Crippen LogP contribution is 2.30. The highest BCUT2D eigenvalue weighted by Gasteiger charge is 2.54. The molecule has 0 rings (SSSR count). The molecule has 10 heavy (non-hydrogen) atoms. The van der Waals surface area contributed by atoms with E-state index in [9.17, 15) is 22.0 Å². The topological polar surface area (TPSA) is 20.2 Å². The van der Waals surface area contributed by atoms with E-state index in [0.29, 0.717) is 0 Å². The fourth-order valence-corrected chi connectivity index (χ4v) is 0.135. The Balaban J connectivity index is 4.51. The van der Waals surface area contributed by atoms with Gasteiger partial charge in [-0.05, 0) is 0 Å². The minimum atomic E-state index is -5.30. The predicted octanol–water partition coefficient (Wildman–Crippen LogP) is 1.14. The van der Waals surface area contributed by atoms with Gasteiger partial charge < -0.3 is 5.11 Å². The van der Waals surface area contributed by atoms with Gasteiger partial charge in [0.25, 0.3) is 0 Å². The van der Waals surface area contributed by atoms with Crippen molar-refractivity contribution in [3.8, 4) is 12.1 Å². The zero-order valence-electron chi connectivity index (χ0n) is 4.34. The summed E-state index contributed by atoms with van der Waals surface area (Å²) in [5.41, 5.74) is 0. The summed E-state index contributed by atoms with van der Waals surface area (Å²) < 4.78 is 56.2. The minimum absolute atomic E-state index is 0.0745. The predicted molar refractivity (Wildman–Crippen MR) is 21.0 cm³/mol. The van der Waals surface area contributed by atoms with Crippen LogP contribution in [0.4, 0.5) is 22.0 Å². The molecule has 0 amide bonds. The fraction of sp³-hybridized carbons (Fsp3) is 0.500. The first-order valence-corrected chi connectivity index (χ1v) is 1.92. The highest BCUT2D eigenvalue weighted by molar-refractivity contribution is 5.07. The van der Waals surface area contributed by atoms with E-state index in [1.54, 1.807) is 0 Å². The Labute approximate surface area is 52.5 Å². The number of halogens is 5. The fourth-order valence-electron chi connectivity index (χ4n) is 0.135. The second-order valence-corrected chi connectivity index (χ2v) is 1.34. The van der Waals surface area contributed by atoms with Crippen LogP contribution in [0.25, 0.3) is 0 Å². The molecule has 0 saturated carbocycles. The van der Waals surface area contributed by atoms with Gasteiger partial charge in [0.2, 0.25) is 0 Å². The van der Waals surface area contributed by atoms with Crippen molar-refractivity contribution < 1.29 is 27.1 Å². The van der Waals surface area contributed by atoms with Crippen LogP contribution in [0.2, 0.25) is 0 Å². The molecule has 58 valence electrons. The summed E-state index contributed by atoms with van der Waals surface area (Å²) in [6.07, 6.45) is -5.22. The number of rotatable bonds is 1. The summed E-state index contributed by atoms with van der Waals surface area (Å²) in [5, 5.41) is 7.32. The number of alkyl halides is 4. The first-order valence-electron chi connectivity index (χ1n) is 1.92. The summed E-state index contributed by atoms with van der Waals surface area (Å²) in [7, 11) is 0. The van der Waals surface area contributed by atoms with Gasteiger partial charge in [0.1, 0.15) is 6.17 Å². The quantitative estimate of drug-likeness (QED) is 0.450. The lowest BCUT2D eigenvalue weighted by atomic mass is 10.3. The molecule has 0 fully saturated rings. The van der Waals surface area contributed by atoms with Crippen LogP contribution in [0, 0.1) is 12.1 Å². The number of hydrogen-bond donors (Lipinski definition) is 1. The van der Waals surface area contributed by atoms with E-state index in [1.165, 1.54) is 0 Å². The van der Waals surface area contributed by atoms with Crippen molar-refractivity contribution >= 4 is 0 Å². The molecule has 0 aliphatic rings. The molecule has 0 unspecified atom stereocenters. The van der Waals surface area contributed by atoms with Gasteiger partial charge in [-0.25, -0.2) is 0 Å². The van der Waals surface area contributed by atoms with Crippen molar-refractivity contribution in [2.45, 2.75) is 12.0 Å². The van der Waals surface area contributed by atoms with E-state index in [0.717, 1.165) is 0 Å². The Morgan fingerprint density at radius 3 is 1.60 bits per heavy atom. The summed E-state index contributed by atoms with van der Waals surface area (Å²) in [5.74, 6) is -4.81. The molecule has 0 saturated heterocycles. The molecular weight excluding hydrogens is 159 g/mol. The first-order chi connectivity index (χ1) is 4.31. The molecule has 6 heteroatoms. The highest BCUT2D eigenvalue weighted by atomic mass is 19.3. The third-order valence-corrected chi connectivity index (χ3v) is 0.582. The molecular formula is C4HF5O. The molecule has 0 radical (unpaired) electrons. The van der Waals surface area contributed by atoms with Gasteiger partial charge in [0.05, 0.1) is 0 Å². The average molecular weight is 160 g/mol. The van der Waals surface area contributed by atoms with E-state index in [1.807, 2.05) is 0 Å². The van der Waals surface area contributed by atoms with Crippen LogP contribution in [-0.2, 0) is 0 Å². The smallest absolute Gasteiger partial charge is 0.331 e. The van der Waals surface area contributed by atoms with Crippen molar-refractivity contribution in [1.29, 1.82) is 0 Å². The first kappa shape index (κ1) is 9.17. The van der Waals surface area contributed by atoms with Crippen LogP contribution in [0.3, 0.4) is 0 Å². The second kappa shape index (κ2) is 2.42. The zero-order valence-corrected chi connectivity index (χ0v) is 4.34. The van der Waals surface area contributed by atoms with Crippen LogP contribution < -0.4 is 0 Å². The molecule has 0 aromatic heterocycles. The van der Waals surface area contributed by atoms with Crippen molar-refractivity contribution in [3.63, 3.8) is 0 Å². The zero-order chi connectivity index (χ0) is 8.41. The van der Waals surface area contributed by atoms with E-state index >= 15 is 0 Å². The SMILES string of the molecule is OC(F)(F)C(F)(F)C#CF. The normalized spacial score (nSPS) is 12.2. The van der Waals surface area contributed by atoms with Crippen molar-refractivity contribution in [3.05, 3.63) is 0 Å². The molecule has 0 aromatic rings. The molecule has 0 spiro atoms. The third kappa shape index (κ3) is 1.84. The van der Waals surface area contributed by atoms with Gasteiger partial charge in [-0.15, -0.1) is 4.39 Å². The van der Waals surface area contributed by atoms with Gasteiger partial charge in [0.15, 0.2) is 0 Å². The maximum absolute atomic E-state index is 11.5. The van der Waals surface area contributed by atoms with Gasteiger partial charge in [-0.3, -0.25) is 0 Å². The monoisotopic (exact) mass is 160 g/mol. The van der Waals surface area contributed by atoms with E-state index in [2.05, 4.69) is 0 Å². The molecule has 0 aliphatic heterocycles. The third-order valence-electron chi connectivity index (χ3n) is 0.582. The van der Waals surface area contributed by atoms with Gasteiger partial charge >= 0.3 is 12.0 Å². The standard InChI is InChI=1S/C4HF5O/c5-2-1-3(6,7)4(8,9)10/h10H. The van der Waals surface area contributed by atoms with Gasteiger partial charge in [0, 0.05) is 5.92 Å². The summed E-state index contributed by atoms with van der Waals surface area (Å²) in [6.45, 7) is 0. The Hall–Kier alpha value is -0.830. The molecule has 0 aliphatic carbocycles. The lowest BCUT2D eigenvalue weighted by Crippen LogP contribution is -2.38. The van der Waals surface area contributed by atoms with E-state index in [-0.39, 0.29) is 12.1 Å². The summed E-state index contributed by atoms with van der Waals surface area (Å²) >= 11 is 0. The molecule has 0 aromatic carbocycles. The van der Waals surface area contributed by atoms with E-state index in [4.69, 9.17) is 5.11 Å². The molecule has 0 bridgehead atoms. The van der Waals surface area contributed by atoms with Gasteiger partial charge in [-0.2, -0.15) is 17.6 Å². The van der Waals surface area contributed by atoms with Crippen LogP contribution in [-0.4, -0.2) is 17.1 Å². The van der Waals surface area contributed by atoms with Crippen molar-refractivity contribution in [2.24, 2.45) is 0 Å². The molecule has 1 nitrogen and oxygen atoms in total. The Kier molecular flexibility index (Phi) is 2.22. The largest absolute Gasteiger partial charge is 0.429 e. The van der Waals surface area contributed by atoms with Crippen LogP contribution >= 0.6 is 0 Å². The maximum Gasteiger partial charge on any atom is 0.429 e. The second-order valence-electron chi connectivity index (χ2n) is 1.34. The Morgan fingerprint density at radius 2 is 1.50 bits per heavy atom. The molecule has 1 N–H and O–H groups in total. The van der Waals surface area contributed by atoms with Crippen LogP contribution in [0.15, 0.2) is 0 Å². The van der Waals surface area contributed by atoms with Crippen molar-refractivity contribution in [2.75, 3.05) is 0 Å². The Morgan fingerprint density at radius 1 is 1.10 bits per heavy atom. The summed E-state index contributed by atoms with van der Waals surface area (Å²) in [6, 6.07) is 0. The van der Waals surface area contributed by atoms with Crippen LogP contribution in [0.5, 0.6) is 0 Å². The molecule has 0 atom stereocenters.